The number of hydrogen-bond acceptors (Lipinski definition) is 2. The number of nitrogens with zero attached hydrogens (tertiary/aromatic N) is 2. The lowest BCUT2D eigenvalue weighted by Crippen LogP contribution is -2.18. The number of benzene rings is 3. The van der Waals surface area contributed by atoms with E-state index in [9.17, 15) is 0 Å². The van der Waals surface area contributed by atoms with Crippen molar-refractivity contribution in [2.45, 2.75) is 12.5 Å². The molecule has 3 aromatic rings. The lowest BCUT2D eigenvalue weighted by Gasteiger charge is -2.24. The van der Waals surface area contributed by atoms with E-state index in [1.807, 2.05) is 30.3 Å². The lowest BCUT2D eigenvalue weighted by molar-refractivity contribution is 0.709. The highest BCUT2D eigenvalue weighted by atomic mass is 79.9. The molecule has 0 saturated carbocycles. The van der Waals surface area contributed by atoms with Gasteiger partial charge >= 0.3 is 0 Å². The minimum Gasteiger partial charge on any atom is -0.257 e. The normalized spacial score (nSPS) is 16.8. The first-order valence-electron chi connectivity index (χ1n) is 8.14. The first-order chi connectivity index (χ1) is 12.2. The Bertz CT molecular complexity index is 889. The van der Waals surface area contributed by atoms with Gasteiger partial charge in [-0.15, -0.1) is 0 Å². The molecule has 1 atom stereocenters. The van der Waals surface area contributed by atoms with E-state index >= 15 is 0 Å². The summed E-state index contributed by atoms with van der Waals surface area (Å²) >= 11 is 9.56. The van der Waals surface area contributed by atoms with Gasteiger partial charge < -0.3 is 0 Å². The van der Waals surface area contributed by atoms with Crippen molar-refractivity contribution in [3.05, 3.63) is 99.5 Å². The standard InChI is InChI=1S/C21H16BrClN2/c22-17-10-6-15(7-11-17)20-14-21(16-8-12-18(23)13-9-16)25(24-20)19-4-2-1-3-5-19/h1-13,21H,14H2. The topological polar surface area (TPSA) is 15.6 Å². The van der Waals surface area contributed by atoms with Crippen LogP contribution in [0, 0.1) is 0 Å². The Balaban J connectivity index is 1.73. The van der Waals surface area contributed by atoms with Crippen LogP contribution in [0.15, 0.2) is 88.4 Å². The molecule has 25 heavy (non-hydrogen) atoms. The Morgan fingerprint density at radius 1 is 0.880 bits per heavy atom. The van der Waals surface area contributed by atoms with Crippen LogP contribution in [-0.4, -0.2) is 5.71 Å². The lowest BCUT2D eigenvalue weighted by atomic mass is 9.98. The summed E-state index contributed by atoms with van der Waals surface area (Å²) in [6.45, 7) is 0. The smallest absolute Gasteiger partial charge is 0.0831 e. The third-order valence-electron chi connectivity index (χ3n) is 4.36. The van der Waals surface area contributed by atoms with Crippen molar-refractivity contribution in [1.82, 2.24) is 0 Å². The van der Waals surface area contributed by atoms with Crippen molar-refractivity contribution >= 4 is 38.9 Å². The van der Waals surface area contributed by atoms with Crippen LogP contribution in [0.5, 0.6) is 0 Å². The second-order valence-corrected chi connectivity index (χ2v) is 7.36. The van der Waals surface area contributed by atoms with Gasteiger partial charge in [0, 0.05) is 15.9 Å². The fourth-order valence-corrected chi connectivity index (χ4v) is 3.48. The fraction of sp³-hybridized carbons (Fsp3) is 0.0952. The number of hydrazone groups is 1. The maximum atomic E-state index is 6.06. The van der Waals surface area contributed by atoms with Gasteiger partial charge in [-0.1, -0.05) is 70.0 Å². The van der Waals surface area contributed by atoms with Gasteiger partial charge in [0.2, 0.25) is 0 Å². The first kappa shape index (κ1) is 16.4. The molecule has 1 heterocycles. The van der Waals surface area contributed by atoms with Crippen LogP contribution in [0.4, 0.5) is 5.69 Å². The Labute approximate surface area is 160 Å². The van der Waals surface area contributed by atoms with E-state index in [1.54, 1.807) is 0 Å². The summed E-state index contributed by atoms with van der Waals surface area (Å²) in [5.74, 6) is 0. The molecule has 0 N–H and O–H groups in total. The quantitative estimate of drug-likeness (QED) is 0.483. The molecule has 2 nitrogen and oxygen atoms in total. The summed E-state index contributed by atoms with van der Waals surface area (Å²) in [5, 5.41) is 7.80. The third kappa shape index (κ3) is 3.48. The van der Waals surface area contributed by atoms with Gasteiger partial charge in [0.25, 0.3) is 0 Å². The van der Waals surface area contributed by atoms with E-state index < -0.39 is 0 Å². The first-order valence-corrected chi connectivity index (χ1v) is 9.31. The third-order valence-corrected chi connectivity index (χ3v) is 5.14. The van der Waals surface area contributed by atoms with Crippen molar-refractivity contribution in [1.29, 1.82) is 0 Å². The minimum atomic E-state index is 0.165. The van der Waals surface area contributed by atoms with Gasteiger partial charge in [-0.25, -0.2) is 0 Å². The molecule has 0 aromatic heterocycles. The van der Waals surface area contributed by atoms with Crippen LogP contribution in [0.3, 0.4) is 0 Å². The predicted octanol–water partition coefficient (Wildman–Crippen LogP) is 6.46. The van der Waals surface area contributed by atoms with Crippen molar-refractivity contribution in [3.63, 3.8) is 0 Å². The van der Waals surface area contributed by atoms with E-state index in [2.05, 4.69) is 69.5 Å². The van der Waals surface area contributed by atoms with Crippen molar-refractivity contribution in [2.75, 3.05) is 5.01 Å². The summed E-state index contributed by atoms with van der Waals surface area (Å²) in [6.07, 6.45) is 0.859. The molecule has 0 spiro atoms. The molecule has 0 fully saturated rings. The molecule has 0 bridgehead atoms. The molecule has 1 aliphatic heterocycles. The average molecular weight is 412 g/mol. The highest BCUT2D eigenvalue weighted by Gasteiger charge is 2.29. The van der Waals surface area contributed by atoms with E-state index in [0.717, 1.165) is 32.9 Å². The van der Waals surface area contributed by atoms with E-state index in [-0.39, 0.29) is 6.04 Å². The molecule has 124 valence electrons. The molecular weight excluding hydrogens is 396 g/mol. The summed E-state index contributed by atoms with van der Waals surface area (Å²) in [5.41, 5.74) is 4.55. The molecule has 0 saturated heterocycles. The summed E-state index contributed by atoms with van der Waals surface area (Å²) in [6, 6.07) is 26.8. The molecule has 1 unspecified atom stereocenters. The van der Waals surface area contributed by atoms with Gasteiger partial charge in [0.15, 0.2) is 0 Å². The van der Waals surface area contributed by atoms with Gasteiger partial charge in [-0.2, -0.15) is 5.10 Å². The molecule has 1 aliphatic rings. The zero-order chi connectivity index (χ0) is 17.2. The Morgan fingerprint density at radius 3 is 2.24 bits per heavy atom. The summed E-state index contributed by atoms with van der Waals surface area (Å²) < 4.78 is 1.07. The van der Waals surface area contributed by atoms with Crippen LogP contribution in [0.2, 0.25) is 5.02 Å². The van der Waals surface area contributed by atoms with E-state index in [1.165, 1.54) is 5.56 Å². The van der Waals surface area contributed by atoms with Crippen molar-refractivity contribution in [2.24, 2.45) is 5.10 Å². The Kier molecular flexibility index (Phi) is 4.60. The van der Waals surface area contributed by atoms with Crippen molar-refractivity contribution in [3.8, 4) is 0 Å². The maximum absolute atomic E-state index is 6.06. The Morgan fingerprint density at radius 2 is 1.56 bits per heavy atom. The maximum Gasteiger partial charge on any atom is 0.0831 e. The monoisotopic (exact) mass is 410 g/mol. The van der Waals surface area contributed by atoms with Crippen molar-refractivity contribution < 1.29 is 0 Å². The SMILES string of the molecule is Clc1ccc(C2CC(c3ccc(Br)cc3)=NN2c2ccccc2)cc1. The Hall–Kier alpha value is -2.10. The van der Waals surface area contributed by atoms with Gasteiger partial charge in [0.1, 0.15) is 0 Å². The second-order valence-electron chi connectivity index (χ2n) is 6.01. The van der Waals surface area contributed by atoms with E-state index in [0.29, 0.717) is 0 Å². The van der Waals surface area contributed by atoms with Crippen LogP contribution in [-0.2, 0) is 0 Å². The number of para-hydroxylation sites is 1. The largest absolute Gasteiger partial charge is 0.257 e. The molecular formula is C21H16BrClN2. The molecule has 4 rings (SSSR count). The van der Waals surface area contributed by atoms with Gasteiger partial charge in [0.05, 0.1) is 17.4 Å². The number of hydrogen-bond donors (Lipinski definition) is 0. The fourth-order valence-electron chi connectivity index (χ4n) is 3.09. The number of anilines is 1. The highest BCUT2D eigenvalue weighted by Crippen LogP contribution is 2.37. The zero-order valence-corrected chi connectivity index (χ0v) is 15.8. The summed E-state index contributed by atoms with van der Waals surface area (Å²) in [4.78, 5) is 0. The number of rotatable bonds is 3. The molecule has 4 heteroatoms. The highest BCUT2D eigenvalue weighted by molar-refractivity contribution is 9.10. The molecule has 0 amide bonds. The van der Waals surface area contributed by atoms with Crippen LogP contribution in [0.25, 0.3) is 0 Å². The second kappa shape index (κ2) is 7.03. The van der Waals surface area contributed by atoms with E-state index in [4.69, 9.17) is 16.7 Å². The summed E-state index contributed by atoms with van der Waals surface area (Å²) in [7, 11) is 0. The average Bonchev–Trinajstić information content (AvgIpc) is 3.09. The van der Waals surface area contributed by atoms with Crippen LogP contribution in [0.1, 0.15) is 23.6 Å². The molecule has 0 radical (unpaired) electrons. The zero-order valence-electron chi connectivity index (χ0n) is 13.4. The minimum absolute atomic E-state index is 0.165. The molecule has 3 aromatic carbocycles. The van der Waals surface area contributed by atoms with Crippen LogP contribution >= 0.6 is 27.5 Å². The molecule has 0 aliphatic carbocycles. The predicted molar refractivity (Wildman–Crippen MR) is 108 cm³/mol. The van der Waals surface area contributed by atoms with Crippen LogP contribution < -0.4 is 5.01 Å². The van der Waals surface area contributed by atoms with Gasteiger partial charge in [-0.3, -0.25) is 5.01 Å². The van der Waals surface area contributed by atoms with Gasteiger partial charge in [-0.05, 0) is 47.5 Å². The number of halogens is 2.